The van der Waals surface area contributed by atoms with Crippen LogP contribution in [0.5, 0.6) is 0 Å². The van der Waals surface area contributed by atoms with Crippen molar-refractivity contribution in [2.45, 2.75) is 12.8 Å². The Balaban J connectivity index is 1.55. The van der Waals surface area contributed by atoms with E-state index >= 15 is 0 Å². The van der Waals surface area contributed by atoms with Gasteiger partial charge in [0, 0.05) is 11.6 Å². The lowest BCUT2D eigenvalue weighted by Gasteiger charge is -2.31. The smallest absolute Gasteiger partial charge is 0.191 e. The summed E-state index contributed by atoms with van der Waals surface area (Å²) in [6.45, 7) is 0. The summed E-state index contributed by atoms with van der Waals surface area (Å²) >= 11 is 5.09. The number of para-hydroxylation sites is 1. The second-order valence-electron chi connectivity index (χ2n) is 4.79. The second-order valence-corrected chi connectivity index (χ2v) is 5.20. The molecule has 2 atom stereocenters. The van der Waals surface area contributed by atoms with Gasteiger partial charge in [0.15, 0.2) is 5.11 Å². The van der Waals surface area contributed by atoms with E-state index < -0.39 is 0 Å². The summed E-state index contributed by atoms with van der Waals surface area (Å²) in [5.74, 6) is 0.875. The van der Waals surface area contributed by atoms with E-state index in [1.807, 2.05) is 0 Å². The third kappa shape index (κ3) is 2.51. The Morgan fingerprint density at radius 2 is 2.21 bits per heavy atom. The number of thiocarbonyl (C=S) groups is 1. The average molecular weight is 275 g/mol. The Morgan fingerprint density at radius 3 is 3.00 bits per heavy atom. The fourth-order valence-electron chi connectivity index (χ4n) is 2.50. The van der Waals surface area contributed by atoms with Gasteiger partial charge >= 0.3 is 0 Å². The summed E-state index contributed by atoms with van der Waals surface area (Å²) in [5, 5.41) is 7.41. The molecule has 3 rings (SSSR count). The minimum absolute atomic E-state index is 0.312. The minimum atomic E-state index is -0.331. The zero-order chi connectivity index (χ0) is 13.2. The molecule has 5 heteroatoms. The van der Waals surface area contributed by atoms with E-state index in [9.17, 15) is 4.39 Å². The van der Waals surface area contributed by atoms with Crippen LogP contribution in [-0.2, 0) is 0 Å². The molecule has 2 aliphatic carbocycles. The van der Waals surface area contributed by atoms with Crippen molar-refractivity contribution in [3.8, 4) is 0 Å². The number of benzene rings is 1. The highest BCUT2D eigenvalue weighted by molar-refractivity contribution is 7.80. The molecule has 0 amide bonds. The molecular weight excluding hydrogens is 261 g/mol. The highest BCUT2D eigenvalue weighted by Gasteiger charge is 2.37. The molecule has 1 saturated carbocycles. The maximum Gasteiger partial charge on any atom is 0.191 e. The lowest BCUT2D eigenvalue weighted by molar-refractivity contribution is 0.463. The topological polar surface area (TPSA) is 36.4 Å². The molecule has 1 aromatic rings. The van der Waals surface area contributed by atoms with Gasteiger partial charge < -0.3 is 5.32 Å². The average Bonchev–Trinajstić information content (AvgIpc) is 2.74. The van der Waals surface area contributed by atoms with Gasteiger partial charge in [-0.25, -0.2) is 4.39 Å². The molecule has 1 fully saturated rings. The van der Waals surface area contributed by atoms with E-state index in [4.69, 9.17) is 12.2 Å². The normalized spacial score (nSPS) is 25.8. The number of rotatable bonds is 2. The molecule has 0 aromatic heterocycles. The van der Waals surface area contributed by atoms with Gasteiger partial charge in [0.25, 0.3) is 0 Å². The van der Waals surface area contributed by atoms with Crippen molar-refractivity contribution >= 4 is 28.7 Å². The molecule has 98 valence electrons. The molecule has 0 radical (unpaired) electrons. The van der Waals surface area contributed by atoms with Crippen LogP contribution >= 0.6 is 12.2 Å². The largest absolute Gasteiger partial charge is 0.329 e. The SMILES string of the molecule is Fc1ccccc1NC(=S)N/N=C1/C[C@H]2C=CC[C@@H]12. The minimum Gasteiger partial charge on any atom is -0.329 e. The Bertz CT molecular complexity index is 568. The van der Waals surface area contributed by atoms with Crippen LogP contribution in [0.15, 0.2) is 41.5 Å². The summed E-state index contributed by atoms with van der Waals surface area (Å²) in [6.07, 6.45) is 6.52. The Labute approximate surface area is 116 Å². The first-order valence-corrected chi connectivity index (χ1v) is 6.69. The van der Waals surface area contributed by atoms with Gasteiger partial charge in [-0.15, -0.1) is 0 Å². The first kappa shape index (κ1) is 12.3. The lowest BCUT2D eigenvalue weighted by Crippen LogP contribution is -2.36. The van der Waals surface area contributed by atoms with E-state index in [2.05, 4.69) is 28.0 Å². The van der Waals surface area contributed by atoms with Gasteiger partial charge in [0.05, 0.1) is 5.69 Å². The molecule has 3 nitrogen and oxygen atoms in total. The van der Waals surface area contributed by atoms with Gasteiger partial charge in [-0.1, -0.05) is 24.3 Å². The second kappa shape index (κ2) is 5.09. The van der Waals surface area contributed by atoms with Gasteiger partial charge in [-0.2, -0.15) is 5.10 Å². The fraction of sp³-hybridized carbons (Fsp3) is 0.286. The maximum absolute atomic E-state index is 13.4. The Morgan fingerprint density at radius 1 is 1.37 bits per heavy atom. The standard InChI is InChI=1S/C14H14FN3S/c15-11-6-1-2-7-12(11)16-14(19)18-17-13-8-9-4-3-5-10(9)13/h1-4,6-7,9-10H,5,8H2,(H2,16,18,19)/b17-13-/t9-,10-/m1/s1. The molecule has 0 unspecified atom stereocenters. The van der Waals surface area contributed by atoms with Crippen LogP contribution in [0.3, 0.4) is 0 Å². The number of hydrazone groups is 1. The predicted octanol–water partition coefficient (Wildman–Crippen LogP) is 3.06. The van der Waals surface area contributed by atoms with E-state index in [-0.39, 0.29) is 5.82 Å². The van der Waals surface area contributed by atoms with Crippen molar-refractivity contribution < 1.29 is 4.39 Å². The van der Waals surface area contributed by atoms with E-state index in [0.717, 1.165) is 18.6 Å². The quantitative estimate of drug-likeness (QED) is 0.495. The van der Waals surface area contributed by atoms with Crippen molar-refractivity contribution in [2.24, 2.45) is 16.9 Å². The van der Waals surface area contributed by atoms with Crippen LogP contribution in [0, 0.1) is 17.7 Å². The van der Waals surface area contributed by atoms with Gasteiger partial charge in [-0.3, -0.25) is 5.43 Å². The molecule has 2 N–H and O–H groups in total. The Kier molecular flexibility index (Phi) is 3.29. The zero-order valence-corrected chi connectivity index (χ0v) is 11.1. The van der Waals surface area contributed by atoms with Crippen molar-refractivity contribution in [3.63, 3.8) is 0 Å². The van der Waals surface area contributed by atoms with Crippen LogP contribution in [0.4, 0.5) is 10.1 Å². The summed E-state index contributed by atoms with van der Waals surface area (Å²) in [7, 11) is 0. The number of hydrogen-bond donors (Lipinski definition) is 2. The predicted molar refractivity (Wildman–Crippen MR) is 78.5 cm³/mol. The molecule has 19 heavy (non-hydrogen) atoms. The molecular formula is C14H14FN3S. The van der Waals surface area contributed by atoms with Gasteiger partial charge in [0.2, 0.25) is 0 Å². The van der Waals surface area contributed by atoms with Crippen LogP contribution in [0.2, 0.25) is 0 Å². The molecule has 1 aromatic carbocycles. The highest BCUT2D eigenvalue weighted by atomic mass is 32.1. The van der Waals surface area contributed by atoms with Crippen molar-refractivity contribution in [3.05, 3.63) is 42.2 Å². The molecule has 0 bridgehead atoms. The number of nitrogens with one attached hydrogen (secondary N) is 2. The number of halogens is 1. The van der Waals surface area contributed by atoms with E-state index in [0.29, 0.717) is 22.6 Å². The molecule has 0 aliphatic heterocycles. The molecule has 0 saturated heterocycles. The first-order valence-electron chi connectivity index (χ1n) is 6.28. The number of allylic oxidation sites excluding steroid dienone is 2. The zero-order valence-electron chi connectivity index (χ0n) is 10.3. The van der Waals surface area contributed by atoms with Crippen LogP contribution in [0.1, 0.15) is 12.8 Å². The van der Waals surface area contributed by atoms with Crippen molar-refractivity contribution in [2.75, 3.05) is 5.32 Å². The van der Waals surface area contributed by atoms with E-state index in [1.165, 1.54) is 6.07 Å². The summed E-state index contributed by atoms with van der Waals surface area (Å²) in [5.41, 5.74) is 4.29. The summed E-state index contributed by atoms with van der Waals surface area (Å²) < 4.78 is 13.4. The number of hydrogen-bond acceptors (Lipinski definition) is 2. The summed E-state index contributed by atoms with van der Waals surface area (Å²) in [6, 6.07) is 6.41. The molecule has 0 spiro atoms. The van der Waals surface area contributed by atoms with Crippen LogP contribution < -0.4 is 10.7 Å². The van der Waals surface area contributed by atoms with Crippen LogP contribution in [0.25, 0.3) is 0 Å². The number of anilines is 1. The third-order valence-electron chi connectivity index (χ3n) is 3.59. The first-order chi connectivity index (χ1) is 9.24. The highest BCUT2D eigenvalue weighted by Crippen LogP contribution is 2.40. The Hall–Kier alpha value is -1.75. The lowest BCUT2D eigenvalue weighted by atomic mass is 9.74. The van der Waals surface area contributed by atoms with Crippen molar-refractivity contribution in [1.29, 1.82) is 0 Å². The van der Waals surface area contributed by atoms with Gasteiger partial charge in [0.1, 0.15) is 5.82 Å². The van der Waals surface area contributed by atoms with Gasteiger partial charge in [-0.05, 0) is 43.1 Å². The van der Waals surface area contributed by atoms with E-state index in [1.54, 1.807) is 18.2 Å². The summed E-state index contributed by atoms with van der Waals surface area (Å²) in [4.78, 5) is 0. The third-order valence-corrected chi connectivity index (χ3v) is 3.78. The van der Waals surface area contributed by atoms with Crippen LogP contribution in [-0.4, -0.2) is 10.8 Å². The number of nitrogens with zero attached hydrogens (tertiary/aromatic N) is 1. The molecule has 0 heterocycles. The van der Waals surface area contributed by atoms with Crippen molar-refractivity contribution in [1.82, 2.24) is 5.43 Å². The molecule has 2 aliphatic rings. The number of fused-ring (bicyclic) bond motifs is 1. The monoisotopic (exact) mass is 275 g/mol. The fourth-order valence-corrected chi connectivity index (χ4v) is 2.65. The maximum atomic E-state index is 13.4.